The topological polar surface area (TPSA) is 75.6 Å². The molecule has 0 aliphatic heterocycles. The van der Waals surface area contributed by atoms with Crippen LogP contribution < -0.4 is 9.54 Å². The Morgan fingerprint density at radius 1 is 1.41 bits per heavy atom. The van der Waals surface area contributed by atoms with Crippen molar-refractivity contribution in [3.8, 4) is 11.9 Å². The Hall–Kier alpha value is -2.17. The monoisotopic (exact) mass is 405 g/mol. The summed E-state index contributed by atoms with van der Waals surface area (Å²) < 4.78 is 7.27. The van der Waals surface area contributed by atoms with E-state index < -0.39 is 0 Å². The molecule has 0 saturated heterocycles. The van der Waals surface area contributed by atoms with E-state index in [1.54, 1.807) is 25.3 Å². The maximum absolute atomic E-state index is 9.17. The third-order valence-corrected chi connectivity index (χ3v) is 5.17. The van der Waals surface area contributed by atoms with Gasteiger partial charge in [-0.05, 0) is 24.1 Å². The number of hydrogen-bond acceptors (Lipinski definition) is 5. The van der Waals surface area contributed by atoms with Crippen LogP contribution >= 0.6 is 22.9 Å². The van der Waals surface area contributed by atoms with Crippen molar-refractivity contribution < 1.29 is 4.74 Å². The molecule has 8 heteroatoms. The predicted molar refractivity (Wildman–Crippen MR) is 109 cm³/mol. The molecule has 0 N–H and O–H groups in total. The van der Waals surface area contributed by atoms with Gasteiger partial charge < -0.3 is 4.74 Å². The van der Waals surface area contributed by atoms with Gasteiger partial charge in [0.2, 0.25) is 11.0 Å². The first-order valence-corrected chi connectivity index (χ1v) is 9.79. The van der Waals surface area contributed by atoms with E-state index in [9.17, 15) is 0 Å². The first-order chi connectivity index (χ1) is 12.7. The van der Waals surface area contributed by atoms with Crippen molar-refractivity contribution in [1.29, 1.82) is 5.26 Å². The highest BCUT2D eigenvalue weighted by atomic mass is 35.5. The van der Waals surface area contributed by atoms with Gasteiger partial charge in [0.25, 0.3) is 0 Å². The van der Waals surface area contributed by atoms with Gasteiger partial charge in [0.1, 0.15) is 10.8 Å². The number of halogens is 1. The second kappa shape index (κ2) is 8.68. The number of nitrogens with zero attached hydrogens (tertiary/aromatic N) is 5. The summed E-state index contributed by atoms with van der Waals surface area (Å²) in [5, 5.41) is 15.4. The van der Waals surface area contributed by atoms with Gasteiger partial charge in [-0.15, -0.1) is 0 Å². The van der Waals surface area contributed by atoms with Gasteiger partial charge in [0.05, 0.1) is 12.7 Å². The van der Waals surface area contributed by atoms with E-state index >= 15 is 0 Å². The van der Waals surface area contributed by atoms with Crippen LogP contribution in [0.4, 0.5) is 0 Å². The number of amidine groups is 1. The molecule has 1 heterocycles. The summed E-state index contributed by atoms with van der Waals surface area (Å²) in [5.74, 6) is 1.20. The molecule has 1 aromatic heterocycles. The fraction of sp³-hybridized carbons (Fsp3) is 0.474. The average Bonchev–Trinajstić information content (AvgIpc) is 2.96. The summed E-state index contributed by atoms with van der Waals surface area (Å²) in [6.45, 7) is 11.3. The molecule has 0 unspecified atom stereocenters. The molecule has 0 fully saturated rings. The zero-order chi connectivity index (χ0) is 20.2. The maximum atomic E-state index is 9.17. The Balaban J connectivity index is 2.69. The van der Waals surface area contributed by atoms with E-state index in [-0.39, 0.29) is 11.3 Å². The van der Waals surface area contributed by atoms with Crippen LogP contribution in [0.15, 0.2) is 28.2 Å². The number of benzene rings is 1. The van der Waals surface area contributed by atoms with Gasteiger partial charge in [-0.1, -0.05) is 57.6 Å². The minimum absolute atomic E-state index is 0.0998. The normalized spacial score (nSPS) is 13.1. The van der Waals surface area contributed by atoms with Crippen LogP contribution in [-0.4, -0.2) is 22.7 Å². The Kier molecular flexibility index (Phi) is 6.79. The van der Waals surface area contributed by atoms with Gasteiger partial charge >= 0.3 is 0 Å². The number of aliphatic imine (C=N–C) groups is 1. The number of hydrogen-bond donors (Lipinski definition) is 0. The third-order valence-electron chi connectivity index (χ3n) is 3.56. The molecule has 144 valence electrons. The molecule has 27 heavy (non-hydrogen) atoms. The zero-order valence-electron chi connectivity index (χ0n) is 16.4. The summed E-state index contributed by atoms with van der Waals surface area (Å²) in [7, 11) is 1.56. The standard InChI is InChI=1S/C19H24ClN5OS/c1-12(2)10-25-18(27-17(24-25)19(3,4)5)23-16(22-11-21)14-9-13(20)7-8-15(14)26-6/h7-9,12H,10H2,1-6H3. The highest BCUT2D eigenvalue weighted by molar-refractivity contribution is 7.09. The van der Waals surface area contributed by atoms with Gasteiger partial charge in [-0.25, -0.2) is 4.68 Å². The molecule has 6 nitrogen and oxygen atoms in total. The molecule has 0 amide bonds. The number of aromatic nitrogens is 2. The molecule has 0 aliphatic rings. The van der Waals surface area contributed by atoms with E-state index in [2.05, 4.69) is 44.6 Å². The lowest BCUT2D eigenvalue weighted by molar-refractivity contribution is 0.414. The summed E-state index contributed by atoms with van der Waals surface area (Å²) in [6, 6.07) is 5.14. The van der Waals surface area contributed by atoms with E-state index in [4.69, 9.17) is 26.7 Å². The van der Waals surface area contributed by atoms with Gasteiger partial charge in [-0.3, -0.25) is 0 Å². The van der Waals surface area contributed by atoms with Crippen LogP contribution in [0.25, 0.3) is 0 Å². The molecular weight excluding hydrogens is 382 g/mol. The largest absolute Gasteiger partial charge is 0.496 e. The fourth-order valence-corrected chi connectivity index (χ4v) is 3.44. The number of nitriles is 1. The number of methoxy groups -OCH3 is 1. The molecule has 0 saturated carbocycles. The van der Waals surface area contributed by atoms with Gasteiger partial charge in [-0.2, -0.15) is 20.3 Å². The zero-order valence-corrected chi connectivity index (χ0v) is 18.0. The molecular formula is C19H24ClN5OS. The molecule has 1 aromatic carbocycles. The van der Waals surface area contributed by atoms with Crippen molar-refractivity contribution in [2.45, 2.75) is 46.6 Å². The number of rotatable bonds is 4. The molecule has 0 radical (unpaired) electrons. The highest BCUT2D eigenvalue weighted by Gasteiger charge is 2.21. The summed E-state index contributed by atoms with van der Waals surface area (Å²) in [5.41, 5.74) is 0.464. The smallest absolute Gasteiger partial charge is 0.209 e. The lowest BCUT2D eigenvalue weighted by Crippen LogP contribution is -2.21. The van der Waals surface area contributed by atoms with Crippen molar-refractivity contribution in [1.82, 2.24) is 9.78 Å². The molecule has 0 bridgehead atoms. The van der Waals surface area contributed by atoms with E-state index in [0.717, 1.165) is 11.6 Å². The Bertz CT molecular complexity index is 944. The minimum Gasteiger partial charge on any atom is -0.496 e. The first kappa shape index (κ1) is 21.1. The minimum atomic E-state index is -0.0998. The van der Waals surface area contributed by atoms with Gasteiger partial charge in [0.15, 0.2) is 5.84 Å². The first-order valence-electron chi connectivity index (χ1n) is 8.59. The average molecular weight is 406 g/mol. The van der Waals surface area contributed by atoms with Gasteiger partial charge in [0, 0.05) is 17.0 Å². The molecule has 0 aliphatic carbocycles. The number of ether oxygens (including phenoxy) is 1. The predicted octanol–water partition coefficient (Wildman–Crippen LogP) is 4.39. The van der Waals surface area contributed by atoms with E-state index in [1.165, 1.54) is 11.3 Å². The van der Waals surface area contributed by atoms with Crippen LogP contribution in [0.1, 0.15) is 45.2 Å². The van der Waals surface area contributed by atoms with Crippen molar-refractivity contribution >= 4 is 28.8 Å². The highest BCUT2D eigenvalue weighted by Crippen LogP contribution is 2.25. The van der Waals surface area contributed by atoms with Crippen LogP contribution in [-0.2, 0) is 12.0 Å². The molecule has 2 rings (SSSR count). The molecule has 0 spiro atoms. The van der Waals surface area contributed by atoms with Crippen LogP contribution in [0, 0.1) is 17.4 Å². The summed E-state index contributed by atoms with van der Waals surface area (Å²) in [6.07, 6.45) is 1.83. The lowest BCUT2D eigenvalue weighted by atomic mass is 9.98. The quantitative estimate of drug-likeness (QED) is 0.430. The van der Waals surface area contributed by atoms with Crippen LogP contribution in [0.2, 0.25) is 5.02 Å². The van der Waals surface area contributed by atoms with Crippen molar-refractivity contribution in [2.24, 2.45) is 15.9 Å². The third kappa shape index (κ3) is 5.41. The Morgan fingerprint density at radius 2 is 2.11 bits per heavy atom. The van der Waals surface area contributed by atoms with Crippen molar-refractivity contribution in [3.63, 3.8) is 0 Å². The SMILES string of the molecule is COc1ccc(Cl)cc1C(=NC#N)N=c1sc(C(C)(C)C)nn1CC(C)C. The second-order valence-corrected chi connectivity index (χ2v) is 8.90. The van der Waals surface area contributed by atoms with Crippen molar-refractivity contribution in [2.75, 3.05) is 7.11 Å². The van der Waals surface area contributed by atoms with Crippen LogP contribution in [0.5, 0.6) is 5.75 Å². The van der Waals surface area contributed by atoms with Crippen LogP contribution in [0.3, 0.4) is 0 Å². The second-order valence-electron chi connectivity index (χ2n) is 7.51. The summed E-state index contributed by atoms with van der Waals surface area (Å²) in [4.78, 5) is 9.26. The van der Waals surface area contributed by atoms with Crippen molar-refractivity contribution in [3.05, 3.63) is 38.6 Å². The molecule has 0 atom stereocenters. The molecule has 2 aromatic rings. The summed E-state index contributed by atoms with van der Waals surface area (Å²) >= 11 is 7.63. The lowest BCUT2D eigenvalue weighted by Gasteiger charge is -2.13. The fourth-order valence-electron chi connectivity index (χ4n) is 2.30. The maximum Gasteiger partial charge on any atom is 0.209 e. The van der Waals surface area contributed by atoms with E-state index in [1.807, 2.05) is 10.9 Å². The Labute approximate surface area is 168 Å². The Morgan fingerprint density at radius 3 is 2.67 bits per heavy atom. The van der Waals surface area contributed by atoms with E-state index in [0.29, 0.717) is 27.1 Å².